The van der Waals surface area contributed by atoms with Gasteiger partial charge in [-0.1, -0.05) is 32.9 Å². The molecule has 2 aromatic carbocycles. The van der Waals surface area contributed by atoms with E-state index in [1.807, 2.05) is 55.5 Å². The molecular formula is C23H31NO4. The molecule has 0 unspecified atom stereocenters. The summed E-state index contributed by atoms with van der Waals surface area (Å²) in [5, 5.41) is 2.91. The van der Waals surface area contributed by atoms with E-state index in [-0.39, 0.29) is 17.4 Å². The van der Waals surface area contributed by atoms with Gasteiger partial charge in [-0.05, 0) is 61.2 Å². The molecule has 28 heavy (non-hydrogen) atoms. The van der Waals surface area contributed by atoms with Gasteiger partial charge in [0.05, 0.1) is 13.2 Å². The summed E-state index contributed by atoms with van der Waals surface area (Å²) in [6.07, 6.45) is -0.594. The second-order valence-electron chi connectivity index (χ2n) is 7.93. The first-order valence-corrected chi connectivity index (χ1v) is 9.53. The molecule has 2 atom stereocenters. The molecule has 2 aromatic rings. The van der Waals surface area contributed by atoms with Gasteiger partial charge in [-0.2, -0.15) is 0 Å². The Bertz CT molecular complexity index is 748. The second-order valence-corrected chi connectivity index (χ2v) is 7.93. The Morgan fingerprint density at radius 1 is 0.929 bits per heavy atom. The van der Waals surface area contributed by atoms with Gasteiger partial charge in [-0.3, -0.25) is 4.79 Å². The minimum absolute atomic E-state index is 0.0842. The number of hydrogen-bond acceptors (Lipinski definition) is 4. The lowest BCUT2D eigenvalue weighted by atomic mass is 9.87. The second kappa shape index (κ2) is 9.49. The zero-order valence-corrected chi connectivity index (χ0v) is 17.6. The molecule has 0 aliphatic heterocycles. The van der Waals surface area contributed by atoms with E-state index in [2.05, 4.69) is 26.1 Å². The fourth-order valence-corrected chi connectivity index (χ4v) is 2.59. The van der Waals surface area contributed by atoms with E-state index >= 15 is 0 Å². The fraction of sp³-hybridized carbons (Fsp3) is 0.435. The number of benzene rings is 2. The Kier molecular flexibility index (Phi) is 7.32. The van der Waals surface area contributed by atoms with Crippen LogP contribution in [-0.4, -0.2) is 31.8 Å². The van der Waals surface area contributed by atoms with Crippen LogP contribution in [0.1, 0.15) is 40.2 Å². The maximum absolute atomic E-state index is 12.4. The van der Waals surface area contributed by atoms with Crippen LogP contribution in [0.2, 0.25) is 0 Å². The van der Waals surface area contributed by atoms with Crippen LogP contribution in [0.4, 0.5) is 0 Å². The Balaban J connectivity index is 1.80. The first kappa shape index (κ1) is 21.6. The number of nitrogens with one attached hydrogen (secondary N) is 1. The minimum atomic E-state index is -0.594. The number of carbonyl (C=O) groups is 1. The number of hydrogen-bond donors (Lipinski definition) is 1. The molecule has 0 saturated carbocycles. The van der Waals surface area contributed by atoms with Crippen molar-refractivity contribution in [3.8, 4) is 17.2 Å². The predicted molar refractivity (Wildman–Crippen MR) is 111 cm³/mol. The zero-order chi connectivity index (χ0) is 20.7. The van der Waals surface area contributed by atoms with Crippen LogP contribution in [0.15, 0.2) is 48.5 Å². The molecule has 0 aliphatic rings. The number of amides is 1. The standard InChI is InChI=1S/C23H31NO4/c1-16(15-27-20-13-11-19(26-6)12-14-20)24-22(25)17(2)28-21-9-7-18(8-10-21)23(3,4)5/h7-14,16-17H,15H2,1-6H3,(H,24,25)/t16-,17-/m1/s1. The lowest BCUT2D eigenvalue weighted by molar-refractivity contribution is -0.128. The van der Waals surface area contributed by atoms with E-state index in [4.69, 9.17) is 14.2 Å². The van der Waals surface area contributed by atoms with Gasteiger partial charge in [-0.25, -0.2) is 0 Å². The van der Waals surface area contributed by atoms with Crippen molar-refractivity contribution in [3.05, 3.63) is 54.1 Å². The summed E-state index contributed by atoms with van der Waals surface area (Å²) in [6.45, 7) is 10.5. The van der Waals surface area contributed by atoms with Gasteiger partial charge in [0.2, 0.25) is 0 Å². The van der Waals surface area contributed by atoms with Crippen molar-refractivity contribution in [3.63, 3.8) is 0 Å². The minimum Gasteiger partial charge on any atom is -0.497 e. The molecular weight excluding hydrogens is 354 g/mol. The zero-order valence-electron chi connectivity index (χ0n) is 17.6. The molecule has 0 heterocycles. The summed E-state index contributed by atoms with van der Waals surface area (Å²) in [5.41, 5.74) is 1.31. The summed E-state index contributed by atoms with van der Waals surface area (Å²) in [5.74, 6) is 2.00. The molecule has 5 heteroatoms. The van der Waals surface area contributed by atoms with Gasteiger partial charge in [-0.15, -0.1) is 0 Å². The van der Waals surface area contributed by atoms with Crippen molar-refractivity contribution >= 4 is 5.91 Å². The highest BCUT2D eigenvalue weighted by molar-refractivity contribution is 5.81. The number of carbonyl (C=O) groups excluding carboxylic acids is 1. The average molecular weight is 386 g/mol. The van der Waals surface area contributed by atoms with Crippen molar-refractivity contribution in [2.24, 2.45) is 0 Å². The largest absolute Gasteiger partial charge is 0.497 e. The van der Waals surface area contributed by atoms with Gasteiger partial charge < -0.3 is 19.5 Å². The van der Waals surface area contributed by atoms with Crippen LogP contribution >= 0.6 is 0 Å². The van der Waals surface area contributed by atoms with Crippen LogP contribution < -0.4 is 19.5 Å². The van der Waals surface area contributed by atoms with Crippen molar-refractivity contribution in [2.45, 2.75) is 52.2 Å². The van der Waals surface area contributed by atoms with Gasteiger partial charge in [0.1, 0.15) is 23.9 Å². The first-order valence-electron chi connectivity index (χ1n) is 9.53. The number of rotatable bonds is 8. The summed E-state index contributed by atoms with van der Waals surface area (Å²) in [6, 6.07) is 15.1. The maximum Gasteiger partial charge on any atom is 0.261 e. The molecule has 0 spiro atoms. The van der Waals surface area contributed by atoms with Crippen LogP contribution in [0.25, 0.3) is 0 Å². The Labute approximate surface area is 168 Å². The smallest absolute Gasteiger partial charge is 0.261 e. The van der Waals surface area contributed by atoms with E-state index in [0.29, 0.717) is 12.4 Å². The third-order valence-corrected chi connectivity index (χ3v) is 4.35. The lowest BCUT2D eigenvalue weighted by Gasteiger charge is -2.21. The highest BCUT2D eigenvalue weighted by Crippen LogP contribution is 2.24. The fourth-order valence-electron chi connectivity index (χ4n) is 2.59. The molecule has 0 radical (unpaired) electrons. The highest BCUT2D eigenvalue weighted by atomic mass is 16.5. The molecule has 0 fully saturated rings. The summed E-state index contributed by atoms with van der Waals surface area (Å²) in [7, 11) is 1.62. The Hall–Kier alpha value is -2.69. The molecule has 0 aliphatic carbocycles. The third-order valence-electron chi connectivity index (χ3n) is 4.35. The first-order chi connectivity index (χ1) is 13.2. The van der Waals surface area contributed by atoms with Gasteiger partial charge in [0.25, 0.3) is 5.91 Å². The topological polar surface area (TPSA) is 56.8 Å². The van der Waals surface area contributed by atoms with Crippen LogP contribution in [0, 0.1) is 0 Å². The highest BCUT2D eigenvalue weighted by Gasteiger charge is 2.18. The van der Waals surface area contributed by atoms with Crippen molar-refractivity contribution in [1.29, 1.82) is 0 Å². The van der Waals surface area contributed by atoms with E-state index in [1.165, 1.54) is 5.56 Å². The Morgan fingerprint density at radius 2 is 1.46 bits per heavy atom. The summed E-state index contributed by atoms with van der Waals surface area (Å²) >= 11 is 0. The number of methoxy groups -OCH3 is 1. The van der Waals surface area contributed by atoms with Gasteiger partial charge in [0, 0.05) is 0 Å². The molecule has 1 amide bonds. The summed E-state index contributed by atoms with van der Waals surface area (Å²) in [4.78, 5) is 12.4. The van der Waals surface area contributed by atoms with E-state index in [1.54, 1.807) is 14.0 Å². The van der Waals surface area contributed by atoms with Gasteiger partial charge >= 0.3 is 0 Å². The maximum atomic E-state index is 12.4. The van der Waals surface area contributed by atoms with E-state index in [9.17, 15) is 4.79 Å². The quantitative estimate of drug-likeness (QED) is 0.734. The third kappa shape index (κ3) is 6.48. The molecule has 0 bridgehead atoms. The van der Waals surface area contributed by atoms with Crippen LogP contribution in [0.3, 0.4) is 0 Å². The van der Waals surface area contributed by atoms with E-state index in [0.717, 1.165) is 11.5 Å². The van der Waals surface area contributed by atoms with Crippen molar-refractivity contribution in [1.82, 2.24) is 5.32 Å². The molecule has 0 aromatic heterocycles. The van der Waals surface area contributed by atoms with Crippen LogP contribution in [-0.2, 0) is 10.2 Å². The monoisotopic (exact) mass is 385 g/mol. The lowest BCUT2D eigenvalue weighted by Crippen LogP contribution is -2.43. The molecule has 1 N–H and O–H groups in total. The molecule has 152 valence electrons. The summed E-state index contributed by atoms with van der Waals surface area (Å²) < 4.78 is 16.6. The molecule has 2 rings (SSSR count). The number of ether oxygens (including phenoxy) is 3. The van der Waals surface area contributed by atoms with Crippen molar-refractivity contribution in [2.75, 3.05) is 13.7 Å². The average Bonchev–Trinajstić information content (AvgIpc) is 2.66. The van der Waals surface area contributed by atoms with Gasteiger partial charge in [0.15, 0.2) is 6.10 Å². The van der Waals surface area contributed by atoms with E-state index < -0.39 is 6.10 Å². The SMILES string of the molecule is COc1ccc(OC[C@@H](C)NC(=O)[C@@H](C)Oc2ccc(C(C)(C)C)cc2)cc1. The normalized spacial score (nSPS) is 13.4. The Morgan fingerprint density at radius 3 is 2.00 bits per heavy atom. The molecule has 5 nitrogen and oxygen atoms in total. The van der Waals surface area contributed by atoms with Crippen LogP contribution in [0.5, 0.6) is 17.2 Å². The van der Waals surface area contributed by atoms with Crippen molar-refractivity contribution < 1.29 is 19.0 Å². The molecule has 0 saturated heterocycles. The predicted octanol–water partition coefficient (Wildman–Crippen LogP) is 4.34.